The van der Waals surface area contributed by atoms with Crippen molar-refractivity contribution in [3.63, 3.8) is 0 Å². The van der Waals surface area contributed by atoms with Crippen molar-refractivity contribution in [3.8, 4) is 17.2 Å². The van der Waals surface area contributed by atoms with Crippen LogP contribution in [-0.4, -0.2) is 39.7 Å². The molecule has 0 amide bonds. The molecule has 0 saturated carbocycles. The smallest absolute Gasteiger partial charge is 0.331 e. The van der Waals surface area contributed by atoms with Gasteiger partial charge in [-0.3, -0.25) is 4.79 Å². The van der Waals surface area contributed by atoms with Crippen LogP contribution in [0.25, 0.3) is 6.08 Å². The number of rotatable bonds is 8. The van der Waals surface area contributed by atoms with Gasteiger partial charge >= 0.3 is 5.97 Å². The van der Waals surface area contributed by atoms with Gasteiger partial charge < -0.3 is 18.9 Å². The number of benzene rings is 2. The Labute approximate surface area is 156 Å². The number of hydrogen-bond donors (Lipinski definition) is 0. The van der Waals surface area contributed by atoms with Gasteiger partial charge in [0.25, 0.3) is 0 Å². The lowest BCUT2D eigenvalue weighted by Gasteiger charge is -2.09. The number of ketones is 1. The summed E-state index contributed by atoms with van der Waals surface area (Å²) in [7, 11) is 4.27. The fourth-order valence-electron chi connectivity index (χ4n) is 2.25. The van der Waals surface area contributed by atoms with E-state index in [0.717, 1.165) is 6.08 Å². The van der Waals surface area contributed by atoms with E-state index in [9.17, 15) is 14.0 Å². The zero-order valence-corrected chi connectivity index (χ0v) is 15.2. The van der Waals surface area contributed by atoms with Crippen LogP contribution in [0.15, 0.2) is 42.5 Å². The van der Waals surface area contributed by atoms with Crippen LogP contribution in [0.2, 0.25) is 0 Å². The summed E-state index contributed by atoms with van der Waals surface area (Å²) < 4.78 is 33.6. The Bertz CT molecular complexity index is 860. The number of Topliss-reactive ketones (excluding diaryl/α,β-unsaturated/α-hetero) is 1. The van der Waals surface area contributed by atoms with Crippen molar-refractivity contribution in [3.05, 3.63) is 59.4 Å². The maximum atomic E-state index is 13.6. The molecule has 0 heterocycles. The summed E-state index contributed by atoms with van der Waals surface area (Å²) in [6.45, 7) is -0.469. The van der Waals surface area contributed by atoms with Crippen molar-refractivity contribution in [2.45, 2.75) is 0 Å². The second kappa shape index (κ2) is 9.38. The van der Waals surface area contributed by atoms with Crippen molar-refractivity contribution in [2.24, 2.45) is 0 Å². The van der Waals surface area contributed by atoms with E-state index in [1.165, 1.54) is 45.6 Å². The molecule has 0 aromatic heterocycles. The normalized spacial score (nSPS) is 10.5. The van der Waals surface area contributed by atoms with Crippen molar-refractivity contribution >= 4 is 17.8 Å². The van der Waals surface area contributed by atoms with Crippen molar-refractivity contribution in [2.75, 3.05) is 27.9 Å². The van der Waals surface area contributed by atoms with E-state index in [4.69, 9.17) is 18.9 Å². The summed E-state index contributed by atoms with van der Waals surface area (Å²) in [5, 5.41) is 0. The van der Waals surface area contributed by atoms with Gasteiger partial charge in [0.2, 0.25) is 5.78 Å². The molecule has 6 nitrogen and oxygen atoms in total. The quantitative estimate of drug-likeness (QED) is 0.401. The molecule has 0 spiro atoms. The van der Waals surface area contributed by atoms with Crippen LogP contribution in [0.4, 0.5) is 4.39 Å². The molecule has 142 valence electrons. The maximum Gasteiger partial charge on any atom is 0.331 e. The lowest BCUT2D eigenvalue weighted by molar-refractivity contribution is -0.136. The first-order chi connectivity index (χ1) is 13.0. The molecule has 2 rings (SSSR count). The van der Waals surface area contributed by atoms with E-state index in [2.05, 4.69) is 0 Å². The highest BCUT2D eigenvalue weighted by Gasteiger charge is 2.15. The molecule has 27 heavy (non-hydrogen) atoms. The zero-order chi connectivity index (χ0) is 19.8. The molecular formula is C20H19FO6. The van der Waals surface area contributed by atoms with Crippen LogP contribution < -0.4 is 14.2 Å². The molecule has 0 atom stereocenters. The van der Waals surface area contributed by atoms with E-state index >= 15 is 0 Å². The van der Waals surface area contributed by atoms with Crippen LogP contribution in [-0.2, 0) is 9.53 Å². The van der Waals surface area contributed by atoms with Gasteiger partial charge in [0.15, 0.2) is 18.2 Å². The predicted molar refractivity (Wildman–Crippen MR) is 96.8 cm³/mol. The highest BCUT2D eigenvalue weighted by Crippen LogP contribution is 2.24. The Kier molecular flexibility index (Phi) is 6.93. The zero-order valence-electron chi connectivity index (χ0n) is 15.2. The summed E-state index contributed by atoms with van der Waals surface area (Å²) in [5.41, 5.74) is 0.692. The van der Waals surface area contributed by atoms with E-state index in [-0.39, 0.29) is 11.3 Å². The maximum absolute atomic E-state index is 13.6. The summed E-state index contributed by atoms with van der Waals surface area (Å²) in [6, 6.07) is 8.99. The third kappa shape index (κ3) is 5.31. The Hall–Kier alpha value is -3.35. The van der Waals surface area contributed by atoms with Gasteiger partial charge in [-0.05, 0) is 42.0 Å². The average molecular weight is 374 g/mol. The third-order valence-electron chi connectivity index (χ3n) is 3.64. The van der Waals surface area contributed by atoms with Crippen LogP contribution in [0, 0.1) is 5.82 Å². The lowest BCUT2D eigenvalue weighted by atomic mass is 10.1. The van der Waals surface area contributed by atoms with Crippen LogP contribution in [0.3, 0.4) is 0 Å². The first-order valence-electron chi connectivity index (χ1n) is 7.92. The lowest BCUT2D eigenvalue weighted by Crippen LogP contribution is -2.13. The molecule has 7 heteroatoms. The fourth-order valence-corrected chi connectivity index (χ4v) is 2.25. The van der Waals surface area contributed by atoms with Gasteiger partial charge in [0.05, 0.1) is 26.9 Å². The summed E-state index contributed by atoms with van der Waals surface area (Å²) in [5.74, 6) is -0.793. The largest absolute Gasteiger partial charge is 0.497 e. The Morgan fingerprint density at radius 3 is 2.30 bits per heavy atom. The molecule has 0 aliphatic heterocycles. The second-order valence-electron chi connectivity index (χ2n) is 5.32. The van der Waals surface area contributed by atoms with Crippen molar-refractivity contribution < 1.29 is 32.9 Å². The number of carbonyl (C=O) groups is 2. The Morgan fingerprint density at radius 1 is 0.963 bits per heavy atom. The molecule has 0 saturated heterocycles. The number of carbonyl (C=O) groups excluding carboxylic acids is 2. The van der Waals surface area contributed by atoms with Gasteiger partial charge in [-0.15, -0.1) is 0 Å². The monoisotopic (exact) mass is 374 g/mol. The SMILES string of the molecule is COc1ccc(OC)c(C(=O)COC(=O)/C=C/c2ccc(OC)c(F)c2)c1. The number of hydrogen-bond acceptors (Lipinski definition) is 6. The van der Waals surface area contributed by atoms with Crippen LogP contribution in [0.5, 0.6) is 17.2 Å². The number of esters is 1. The first kappa shape index (κ1) is 20.0. The minimum atomic E-state index is -0.735. The van der Waals surface area contributed by atoms with E-state index in [1.807, 2.05) is 0 Å². The Balaban J connectivity index is 1.99. The second-order valence-corrected chi connectivity index (χ2v) is 5.32. The van der Waals surface area contributed by atoms with Gasteiger partial charge in [-0.25, -0.2) is 9.18 Å². The summed E-state index contributed by atoms with van der Waals surface area (Å²) in [4.78, 5) is 24.1. The van der Waals surface area contributed by atoms with E-state index in [1.54, 1.807) is 18.2 Å². The van der Waals surface area contributed by atoms with Gasteiger partial charge in [0.1, 0.15) is 11.5 Å². The third-order valence-corrected chi connectivity index (χ3v) is 3.64. The molecule has 0 radical (unpaired) electrons. The van der Waals surface area contributed by atoms with Crippen molar-refractivity contribution in [1.82, 2.24) is 0 Å². The topological polar surface area (TPSA) is 71.1 Å². The highest BCUT2D eigenvalue weighted by molar-refractivity contribution is 6.01. The summed E-state index contributed by atoms with van der Waals surface area (Å²) >= 11 is 0. The molecule has 0 bridgehead atoms. The van der Waals surface area contributed by atoms with Gasteiger partial charge in [-0.2, -0.15) is 0 Å². The Morgan fingerprint density at radius 2 is 1.67 bits per heavy atom. The predicted octanol–water partition coefficient (Wildman–Crippen LogP) is 3.29. The van der Waals surface area contributed by atoms with Crippen molar-refractivity contribution in [1.29, 1.82) is 0 Å². The van der Waals surface area contributed by atoms with E-state index in [0.29, 0.717) is 17.1 Å². The van der Waals surface area contributed by atoms with Gasteiger partial charge in [0, 0.05) is 6.08 Å². The standard InChI is InChI=1S/C20H19FO6/c1-24-14-6-8-18(25-2)15(11-14)17(22)12-27-20(23)9-5-13-4-7-19(26-3)16(21)10-13/h4-11H,12H2,1-3H3/b9-5+. The molecule has 0 unspecified atom stereocenters. The minimum absolute atomic E-state index is 0.104. The first-order valence-corrected chi connectivity index (χ1v) is 7.92. The fraction of sp³-hybridized carbons (Fsp3) is 0.200. The molecule has 2 aromatic carbocycles. The molecule has 2 aromatic rings. The average Bonchev–Trinajstić information content (AvgIpc) is 2.69. The minimum Gasteiger partial charge on any atom is -0.497 e. The number of methoxy groups -OCH3 is 3. The number of halogens is 1. The van der Waals surface area contributed by atoms with Crippen LogP contribution in [0.1, 0.15) is 15.9 Å². The van der Waals surface area contributed by atoms with Gasteiger partial charge in [-0.1, -0.05) is 6.07 Å². The molecule has 0 aliphatic carbocycles. The van der Waals surface area contributed by atoms with E-state index < -0.39 is 24.2 Å². The van der Waals surface area contributed by atoms with Crippen LogP contribution >= 0.6 is 0 Å². The highest BCUT2D eigenvalue weighted by atomic mass is 19.1. The molecule has 0 N–H and O–H groups in total. The molecule has 0 fully saturated rings. The number of ether oxygens (including phenoxy) is 4. The summed E-state index contributed by atoms with van der Waals surface area (Å²) in [6.07, 6.45) is 2.48. The molecular weight excluding hydrogens is 355 g/mol. The molecule has 0 aliphatic rings.